The van der Waals surface area contributed by atoms with Gasteiger partial charge in [0, 0.05) is 5.54 Å². The standard InChI is InChI=1S/C13H25NO/c1-9(2)10-3-5-11(6-4-10)13(14)7-12(15)8-13/h9-12,15H,3-8,14H2,1-2H3. The van der Waals surface area contributed by atoms with Crippen LogP contribution in [0.3, 0.4) is 0 Å². The van der Waals surface area contributed by atoms with Crippen LogP contribution < -0.4 is 5.73 Å². The van der Waals surface area contributed by atoms with E-state index in [1.807, 2.05) is 0 Å². The molecule has 0 bridgehead atoms. The number of aliphatic hydroxyl groups excluding tert-OH is 1. The highest BCUT2D eigenvalue weighted by molar-refractivity contribution is 5.04. The van der Waals surface area contributed by atoms with Crippen LogP contribution in [0.15, 0.2) is 0 Å². The van der Waals surface area contributed by atoms with E-state index in [-0.39, 0.29) is 11.6 Å². The molecule has 2 nitrogen and oxygen atoms in total. The largest absolute Gasteiger partial charge is 0.393 e. The van der Waals surface area contributed by atoms with Crippen LogP contribution in [-0.2, 0) is 0 Å². The molecule has 0 amide bonds. The molecule has 2 rings (SSSR count). The first-order valence-electron chi connectivity index (χ1n) is 6.48. The first kappa shape index (κ1) is 11.4. The Morgan fingerprint density at radius 2 is 1.67 bits per heavy atom. The molecule has 0 radical (unpaired) electrons. The van der Waals surface area contributed by atoms with Gasteiger partial charge in [-0.1, -0.05) is 13.8 Å². The summed E-state index contributed by atoms with van der Waals surface area (Å²) in [7, 11) is 0. The monoisotopic (exact) mass is 211 g/mol. The molecule has 2 heteroatoms. The number of rotatable bonds is 2. The minimum absolute atomic E-state index is 0.0125. The average molecular weight is 211 g/mol. The molecule has 0 aromatic carbocycles. The Bertz CT molecular complexity index is 213. The zero-order chi connectivity index (χ0) is 11.1. The summed E-state index contributed by atoms with van der Waals surface area (Å²) in [6, 6.07) is 0. The second-order valence-electron chi connectivity index (χ2n) is 6.15. The third-order valence-electron chi connectivity index (χ3n) is 4.76. The lowest BCUT2D eigenvalue weighted by Gasteiger charge is -2.50. The van der Waals surface area contributed by atoms with Crippen molar-refractivity contribution in [2.45, 2.75) is 64.0 Å². The van der Waals surface area contributed by atoms with E-state index in [4.69, 9.17) is 5.73 Å². The summed E-state index contributed by atoms with van der Waals surface area (Å²) in [5.74, 6) is 2.41. The summed E-state index contributed by atoms with van der Waals surface area (Å²) < 4.78 is 0. The fraction of sp³-hybridized carbons (Fsp3) is 1.00. The molecule has 0 aromatic rings. The molecule has 2 saturated carbocycles. The minimum atomic E-state index is -0.113. The number of aliphatic hydroxyl groups is 1. The van der Waals surface area contributed by atoms with E-state index in [9.17, 15) is 5.11 Å². The highest BCUT2D eigenvalue weighted by atomic mass is 16.3. The zero-order valence-electron chi connectivity index (χ0n) is 10.1. The predicted octanol–water partition coefficient (Wildman–Crippen LogP) is 2.30. The van der Waals surface area contributed by atoms with Crippen LogP contribution in [-0.4, -0.2) is 16.7 Å². The van der Waals surface area contributed by atoms with Crippen molar-refractivity contribution in [3.05, 3.63) is 0 Å². The van der Waals surface area contributed by atoms with Crippen LogP contribution in [0.25, 0.3) is 0 Å². The fourth-order valence-corrected chi connectivity index (χ4v) is 3.51. The fourth-order valence-electron chi connectivity index (χ4n) is 3.51. The van der Waals surface area contributed by atoms with Gasteiger partial charge in [0.05, 0.1) is 6.10 Å². The van der Waals surface area contributed by atoms with Gasteiger partial charge in [0.1, 0.15) is 0 Å². The molecule has 0 spiro atoms. The highest BCUT2D eigenvalue weighted by Gasteiger charge is 2.46. The third-order valence-corrected chi connectivity index (χ3v) is 4.76. The molecule has 2 fully saturated rings. The van der Waals surface area contributed by atoms with Crippen LogP contribution in [0.4, 0.5) is 0 Å². The van der Waals surface area contributed by atoms with Gasteiger partial charge in [-0.05, 0) is 56.3 Å². The van der Waals surface area contributed by atoms with Gasteiger partial charge in [-0.15, -0.1) is 0 Å². The van der Waals surface area contributed by atoms with E-state index in [0.717, 1.165) is 24.7 Å². The SMILES string of the molecule is CC(C)C1CCC(C2(N)CC(O)C2)CC1. The van der Waals surface area contributed by atoms with Crippen LogP contribution in [0.5, 0.6) is 0 Å². The maximum atomic E-state index is 9.37. The molecule has 15 heavy (non-hydrogen) atoms. The van der Waals surface area contributed by atoms with Crippen molar-refractivity contribution >= 4 is 0 Å². The van der Waals surface area contributed by atoms with Gasteiger partial charge < -0.3 is 10.8 Å². The van der Waals surface area contributed by atoms with Crippen molar-refractivity contribution in [3.63, 3.8) is 0 Å². The molecule has 0 atom stereocenters. The lowest BCUT2D eigenvalue weighted by Crippen LogP contribution is -2.60. The highest BCUT2D eigenvalue weighted by Crippen LogP contribution is 2.45. The van der Waals surface area contributed by atoms with Gasteiger partial charge in [0.2, 0.25) is 0 Å². The van der Waals surface area contributed by atoms with Crippen molar-refractivity contribution in [3.8, 4) is 0 Å². The Kier molecular flexibility index (Phi) is 3.09. The second kappa shape index (κ2) is 4.06. The smallest absolute Gasteiger partial charge is 0.0575 e. The average Bonchev–Trinajstić information content (AvgIpc) is 2.16. The van der Waals surface area contributed by atoms with Crippen molar-refractivity contribution in [2.75, 3.05) is 0 Å². The maximum Gasteiger partial charge on any atom is 0.0575 e. The first-order valence-corrected chi connectivity index (χ1v) is 6.48. The molecule has 2 aliphatic carbocycles. The van der Waals surface area contributed by atoms with Gasteiger partial charge in [-0.25, -0.2) is 0 Å². The summed E-state index contributed by atoms with van der Waals surface area (Å²) >= 11 is 0. The molecule has 3 N–H and O–H groups in total. The Labute approximate surface area is 93.2 Å². The van der Waals surface area contributed by atoms with Crippen LogP contribution in [0.2, 0.25) is 0 Å². The van der Waals surface area contributed by atoms with Gasteiger partial charge in [-0.2, -0.15) is 0 Å². The molecule has 0 heterocycles. The lowest BCUT2D eigenvalue weighted by atomic mass is 9.61. The Hall–Kier alpha value is -0.0800. The molecule has 0 aliphatic heterocycles. The first-order chi connectivity index (χ1) is 7.01. The molecular formula is C13H25NO. The summed E-state index contributed by atoms with van der Waals surface area (Å²) in [5.41, 5.74) is 6.32. The Morgan fingerprint density at radius 1 is 1.13 bits per heavy atom. The summed E-state index contributed by atoms with van der Waals surface area (Å²) in [4.78, 5) is 0. The number of hydrogen-bond acceptors (Lipinski definition) is 2. The van der Waals surface area contributed by atoms with E-state index >= 15 is 0 Å². The van der Waals surface area contributed by atoms with Crippen molar-refractivity contribution in [1.29, 1.82) is 0 Å². The van der Waals surface area contributed by atoms with Crippen LogP contribution >= 0.6 is 0 Å². The van der Waals surface area contributed by atoms with Gasteiger partial charge in [0.25, 0.3) is 0 Å². The molecule has 0 saturated heterocycles. The van der Waals surface area contributed by atoms with Crippen LogP contribution in [0.1, 0.15) is 52.4 Å². The lowest BCUT2D eigenvalue weighted by molar-refractivity contribution is -0.0231. The zero-order valence-corrected chi connectivity index (χ0v) is 10.1. The Balaban J connectivity index is 1.83. The normalized spacial score (nSPS) is 46.6. The molecule has 0 aromatic heterocycles. The quantitative estimate of drug-likeness (QED) is 0.736. The van der Waals surface area contributed by atoms with E-state index < -0.39 is 0 Å². The van der Waals surface area contributed by atoms with Crippen LogP contribution in [0, 0.1) is 17.8 Å². The van der Waals surface area contributed by atoms with E-state index in [1.165, 1.54) is 25.7 Å². The summed E-state index contributed by atoms with van der Waals surface area (Å²) in [6.45, 7) is 4.66. The van der Waals surface area contributed by atoms with Crippen molar-refractivity contribution < 1.29 is 5.11 Å². The topological polar surface area (TPSA) is 46.2 Å². The second-order valence-corrected chi connectivity index (χ2v) is 6.15. The summed E-state index contributed by atoms with van der Waals surface area (Å²) in [5, 5.41) is 9.37. The molecular weight excluding hydrogens is 186 g/mol. The van der Waals surface area contributed by atoms with Gasteiger partial charge in [-0.3, -0.25) is 0 Å². The van der Waals surface area contributed by atoms with Gasteiger partial charge in [0.15, 0.2) is 0 Å². The predicted molar refractivity (Wildman–Crippen MR) is 62.4 cm³/mol. The van der Waals surface area contributed by atoms with E-state index in [2.05, 4.69) is 13.8 Å². The van der Waals surface area contributed by atoms with E-state index in [0.29, 0.717) is 5.92 Å². The van der Waals surface area contributed by atoms with E-state index in [1.54, 1.807) is 0 Å². The number of nitrogens with two attached hydrogens (primary N) is 1. The number of hydrogen-bond donors (Lipinski definition) is 2. The van der Waals surface area contributed by atoms with Gasteiger partial charge >= 0.3 is 0 Å². The summed E-state index contributed by atoms with van der Waals surface area (Å²) in [6.07, 6.45) is 6.82. The Morgan fingerprint density at radius 3 is 2.07 bits per heavy atom. The maximum absolute atomic E-state index is 9.37. The molecule has 2 aliphatic rings. The van der Waals surface area contributed by atoms with Crippen molar-refractivity contribution in [1.82, 2.24) is 0 Å². The minimum Gasteiger partial charge on any atom is -0.393 e. The van der Waals surface area contributed by atoms with Crippen molar-refractivity contribution in [2.24, 2.45) is 23.5 Å². The third kappa shape index (κ3) is 2.21. The molecule has 88 valence electrons. The molecule has 0 unspecified atom stereocenters.